The van der Waals surface area contributed by atoms with Crippen molar-refractivity contribution in [3.05, 3.63) is 64.8 Å². The molecule has 0 bridgehead atoms. The molecule has 3 rings (SSSR count). The summed E-state index contributed by atoms with van der Waals surface area (Å²) in [4.78, 5) is 0. The SMILES string of the molecule is COc1cccc(Cn2ccc3ccc(Br)cc32)c1. The van der Waals surface area contributed by atoms with E-state index in [2.05, 4.69) is 63.1 Å². The third-order valence-electron chi connectivity index (χ3n) is 3.22. The van der Waals surface area contributed by atoms with Crippen molar-refractivity contribution in [2.24, 2.45) is 0 Å². The number of rotatable bonds is 3. The second-order valence-corrected chi connectivity index (χ2v) is 5.41. The number of fused-ring (bicyclic) bond motifs is 1. The first-order valence-electron chi connectivity index (χ1n) is 6.13. The Bertz CT molecular complexity index is 718. The molecule has 0 aliphatic heterocycles. The van der Waals surface area contributed by atoms with Crippen molar-refractivity contribution in [1.82, 2.24) is 4.57 Å². The summed E-state index contributed by atoms with van der Waals surface area (Å²) in [6, 6.07) is 16.7. The lowest BCUT2D eigenvalue weighted by atomic mass is 10.2. The largest absolute Gasteiger partial charge is 0.497 e. The van der Waals surface area contributed by atoms with E-state index < -0.39 is 0 Å². The summed E-state index contributed by atoms with van der Waals surface area (Å²) in [5.41, 5.74) is 2.47. The zero-order valence-corrected chi connectivity index (χ0v) is 12.2. The summed E-state index contributed by atoms with van der Waals surface area (Å²) in [5, 5.41) is 1.26. The molecule has 0 saturated carbocycles. The lowest BCUT2D eigenvalue weighted by Gasteiger charge is -2.07. The van der Waals surface area contributed by atoms with Crippen LogP contribution in [0.3, 0.4) is 0 Å². The van der Waals surface area contributed by atoms with Crippen LogP contribution in [0, 0.1) is 0 Å². The predicted molar refractivity (Wildman–Crippen MR) is 81.7 cm³/mol. The topological polar surface area (TPSA) is 14.2 Å². The fourth-order valence-corrected chi connectivity index (χ4v) is 2.61. The summed E-state index contributed by atoms with van der Waals surface area (Å²) < 4.78 is 8.61. The number of hydrogen-bond acceptors (Lipinski definition) is 1. The standard InChI is InChI=1S/C16H14BrNO/c1-19-15-4-2-3-12(9-15)11-18-8-7-13-5-6-14(17)10-16(13)18/h2-10H,11H2,1H3. The minimum absolute atomic E-state index is 0.844. The first-order valence-corrected chi connectivity index (χ1v) is 6.93. The number of hydrogen-bond donors (Lipinski definition) is 0. The van der Waals surface area contributed by atoms with Crippen molar-refractivity contribution in [2.75, 3.05) is 7.11 Å². The van der Waals surface area contributed by atoms with Crippen LogP contribution in [0.2, 0.25) is 0 Å². The van der Waals surface area contributed by atoms with Crippen LogP contribution in [0.25, 0.3) is 10.9 Å². The summed E-state index contributed by atoms with van der Waals surface area (Å²) in [6.07, 6.45) is 2.12. The lowest BCUT2D eigenvalue weighted by Crippen LogP contribution is -1.98. The van der Waals surface area contributed by atoms with E-state index in [-0.39, 0.29) is 0 Å². The Balaban J connectivity index is 1.98. The van der Waals surface area contributed by atoms with Gasteiger partial charge in [-0.3, -0.25) is 0 Å². The summed E-state index contributed by atoms with van der Waals surface area (Å²) >= 11 is 3.53. The fraction of sp³-hybridized carbons (Fsp3) is 0.125. The Morgan fingerprint density at radius 1 is 1.11 bits per heavy atom. The van der Waals surface area contributed by atoms with Crippen molar-refractivity contribution in [3.8, 4) is 5.75 Å². The van der Waals surface area contributed by atoms with Gasteiger partial charge in [0, 0.05) is 22.7 Å². The molecule has 0 fully saturated rings. The smallest absolute Gasteiger partial charge is 0.119 e. The van der Waals surface area contributed by atoms with Crippen molar-refractivity contribution in [3.63, 3.8) is 0 Å². The van der Waals surface area contributed by atoms with Crippen LogP contribution in [0.15, 0.2) is 59.2 Å². The van der Waals surface area contributed by atoms with Gasteiger partial charge in [-0.05, 0) is 41.3 Å². The van der Waals surface area contributed by atoms with Crippen LogP contribution < -0.4 is 4.74 Å². The molecule has 0 radical (unpaired) electrons. The van der Waals surface area contributed by atoms with Crippen LogP contribution in [0.4, 0.5) is 0 Å². The maximum absolute atomic E-state index is 5.26. The van der Waals surface area contributed by atoms with Crippen LogP contribution >= 0.6 is 15.9 Å². The van der Waals surface area contributed by atoms with E-state index in [1.165, 1.54) is 16.5 Å². The van der Waals surface area contributed by atoms with Gasteiger partial charge in [-0.1, -0.05) is 34.1 Å². The van der Waals surface area contributed by atoms with Crippen LogP contribution in [0.5, 0.6) is 5.75 Å². The summed E-state index contributed by atoms with van der Waals surface area (Å²) in [6.45, 7) is 0.844. The number of halogens is 1. The molecule has 2 nitrogen and oxygen atoms in total. The predicted octanol–water partition coefficient (Wildman–Crippen LogP) is 4.46. The maximum atomic E-state index is 5.26. The highest BCUT2D eigenvalue weighted by Crippen LogP contribution is 2.22. The molecule has 19 heavy (non-hydrogen) atoms. The molecular formula is C16H14BrNO. The normalized spacial score (nSPS) is 10.8. The second kappa shape index (κ2) is 5.10. The van der Waals surface area contributed by atoms with Gasteiger partial charge in [-0.15, -0.1) is 0 Å². The molecule has 1 heterocycles. The minimum Gasteiger partial charge on any atom is -0.497 e. The molecule has 0 aliphatic rings. The van der Waals surface area contributed by atoms with Crippen LogP contribution in [0.1, 0.15) is 5.56 Å². The average Bonchev–Trinajstić information content (AvgIpc) is 2.81. The van der Waals surface area contributed by atoms with Gasteiger partial charge >= 0.3 is 0 Å². The molecule has 0 saturated heterocycles. The van der Waals surface area contributed by atoms with Gasteiger partial charge in [0.05, 0.1) is 7.11 Å². The number of ether oxygens (including phenoxy) is 1. The molecule has 96 valence electrons. The minimum atomic E-state index is 0.844. The number of nitrogens with zero attached hydrogens (tertiary/aromatic N) is 1. The van der Waals surface area contributed by atoms with E-state index in [1.807, 2.05) is 12.1 Å². The van der Waals surface area contributed by atoms with E-state index in [1.54, 1.807) is 7.11 Å². The molecule has 0 amide bonds. The highest BCUT2D eigenvalue weighted by Gasteiger charge is 2.03. The zero-order valence-electron chi connectivity index (χ0n) is 10.6. The van der Waals surface area contributed by atoms with E-state index in [9.17, 15) is 0 Å². The third-order valence-corrected chi connectivity index (χ3v) is 3.72. The molecule has 0 aliphatic carbocycles. The maximum Gasteiger partial charge on any atom is 0.119 e. The highest BCUT2D eigenvalue weighted by molar-refractivity contribution is 9.10. The average molecular weight is 316 g/mol. The Morgan fingerprint density at radius 2 is 2.00 bits per heavy atom. The monoisotopic (exact) mass is 315 g/mol. The number of methoxy groups -OCH3 is 1. The fourth-order valence-electron chi connectivity index (χ4n) is 2.26. The Labute approximate surface area is 120 Å². The number of benzene rings is 2. The lowest BCUT2D eigenvalue weighted by molar-refractivity contribution is 0.414. The van der Waals surface area contributed by atoms with E-state index in [0.29, 0.717) is 0 Å². The summed E-state index contributed by atoms with van der Waals surface area (Å²) in [5.74, 6) is 0.898. The quantitative estimate of drug-likeness (QED) is 0.696. The van der Waals surface area contributed by atoms with Crippen molar-refractivity contribution in [1.29, 1.82) is 0 Å². The van der Waals surface area contributed by atoms with E-state index >= 15 is 0 Å². The Hall–Kier alpha value is -1.74. The van der Waals surface area contributed by atoms with Crippen LogP contribution in [-0.2, 0) is 6.54 Å². The molecule has 2 aromatic carbocycles. The van der Waals surface area contributed by atoms with Crippen molar-refractivity contribution < 1.29 is 4.74 Å². The Kier molecular flexibility index (Phi) is 3.30. The summed E-state index contributed by atoms with van der Waals surface area (Å²) in [7, 11) is 1.70. The molecule has 0 N–H and O–H groups in total. The van der Waals surface area contributed by atoms with Crippen molar-refractivity contribution in [2.45, 2.75) is 6.54 Å². The van der Waals surface area contributed by atoms with Gasteiger partial charge in [0.15, 0.2) is 0 Å². The molecule has 3 aromatic rings. The van der Waals surface area contributed by atoms with Gasteiger partial charge in [-0.2, -0.15) is 0 Å². The van der Waals surface area contributed by atoms with Gasteiger partial charge in [-0.25, -0.2) is 0 Å². The van der Waals surface area contributed by atoms with Gasteiger partial charge in [0.2, 0.25) is 0 Å². The Morgan fingerprint density at radius 3 is 2.84 bits per heavy atom. The first-order chi connectivity index (χ1) is 9.26. The molecule has 0 spiro atoms. The highest BCUT2D eigenvalue weighted by atomic mass is 79.9. The third kappa shape index (κ3) is 2.51. The van der Waals surface area contributed by atoms with E-state index in [0.717, 1.165) is 16.8 Å². The molecule has 3 heteroatoms. The zero-order chi connectivity index (χ0) is 13.2. The van der Waals surface area contributed by atoms with E-state index in [4.69, 9.17) is 4.74 Å². The van der Waals surface area contributed by atoms with Gasteiger partial charge < -0.3 is 9.30 Å². The van der Waals surface area contributed by atoms with Gasteiger partial charge in [0.25, 0.3) is 0 Å². The second-order valence-electron chi connectivity index (χ2n) is 4.50. The molecule has 1 aromatic heterocycles. The van der Waals surface area contributed by atoms with Crippen molar-refractivity contribution >= 4 is 26.8 Å². The van der Waals surface area contributed by atoms with Crippen LogP contribution in [-0.4, -0.2) is 11.7 Å². The number of aromatic nitrogens is 1. The molecule has 0 unspecified atom stereocenters. The molecular weight excluding hydrogens is 302 g/mol. The molecule has 0 atom stereocenters. The van der Waals surface area contributed by atoms with Gasteiger partial charge in [0.1, 0.15) is 5.75 Å². The first kappa shape index (κ1) is 12.3.